The van der Waals surface area contributed by atoms with Crippen molar-refractivity contribution in [2.45, 2.75) is 76.7 Å². The van der Waals surface area contributed by atoms with E-state index in [9.17, 15) is 13.5 Å². The molecular weight excluding hydrogens is 420 g/mol. The topological polar surface area (TPSA) is 78.4 Å². The highest BCUT2D eigenvalue weighted by atomic mass is 32.2. The Bertz CT molecular complexity index is 1060. The molecule has 0 heterocycles. The molecule has 6 heteroatoms. The molecule has 2 saturated carbocycles. The molecule has 0 unspecified atom stereocenters. The van der Waals surface area contributed by atoms with Gasteiger partial charge in [0.15, 0.2) is 0 Å². The van der Waals surface area contributed by atoms with Gasteiger partial charge in [0.05, 0.1) is 11.0 Å². The maximum atomic E-state index is 12.8. The standard InChI is InChI=1S/C26H36N2O3S/c1-17-4-7-20(8-5-17)32(30,31)28-27-24-11-10-22-21-9-6-18-16-19(29)12-14-25(18,2)23(21)13-15-26(22,24)3/h4-8,11,19,21-23,27-29H,9-10,12-16H2,1-3H3/t19-,21-,22-,23-,25-,26-/m0/s1. The van der Waals surface area contributed by atoms with Crippen molar-refractivity contribution in [1.29, 1.82) is 0 Å². The van der Waals surface area contributed by atoms with E-state index in [-0.39, 0.29) is 21.8 Å². The second kappa shape index (κ2) is 7.71. The third kappa shape index (κ3) is 3.46. The lowest BCUT2D eigenvalue weighted by molar-refractivity contribution is -0.0311. The minimum absolute atomic E-state index is 0.0349. The van der Waals surface area contributed by atoms with Gasteiger partial charge in [-0.25, -0.2) is 8.42 Å². The molecule has 1 aromatic carbocycles. The summed E-state index contributed by atoms with van der Waals surface area (Å²) in [4.78, 5) is 2.91. The van der Waals surface area contributed by atoms with Crippen LogP contribution in [0.25, 0.3) is 0 Å². The number of hydrazine groups is 1. The lowest BCUT2D eigenvalue weighted by atomic mass is 9.48. The van der Waals surface area contributed by atoms with Gasteiger partial charge >= 0.3 is 0 Å². The van der Waals surface area contributed by atoms with Gasteiger partial charge in [-0.3, -0.25) is 0 Å². The van der Waals surface area contributed by atoms with Gasteiger partial charge in [-0.05, 0) is 87.2 Å². The van der Waals surface area contributed by atoms with Crippen LogP contribution in [-0.2, 0) is 10.0 Å². The minimum Gasteiger partial charge on any atom is -0.393 e. The Labute approximate surface area is 192 Å². The molecule has 4 aliphatic rings. The number of aliphatic hydroxyl groups is 1. The summed E-state index contributed by atoms with van der Waals surface area (Å²) in [6, 6.07) is 6.92. The maximum absolute atomic E-state index is 12.8. The van der Waals surface area contributed by atoms with Crippen LogP contribution in [0.15, 0.2) is 52.6 Å². The SMILES string of the molecule is Cc1ccc(S(=O)(=O)NNC2=CC[C@H]3[C@@H]4CC=C5C[C@@H](O)CC[C@]5(C)[C@H]4CC[C@]23C)cc1. The number of benzene rings is 1. The van der Waals surface area contributed by atoms with Crippen molar-refractivity contribution in [3.8, 4) is 0 Å². The van der Waals surface area contributed by atoms with Crippen LogP contribution in [-0.4, -0.2) is 19.6 Å². The van der Waals surface area contributed by atoms with E-state index < -0.39 is 10.0 Å². The van der Waals surface area contributed by atoms with Crippen LogP contribution < -0.4 is 10.3 Å². The average molecular weight is 457 g/mol. The van der Waals surface area contributed by atoms with Crippen LogP contribution in [0.4, 0.5) is 0 Å². The van der Waals surface area contributed by atoms with Gasteiger partial charge < -0.3 is 10.5 Å². The molecule has 32 heavy (non-hydrogen) atoms. The smallest absolute Gasteiger partial charge is 0.257 e. The van der Waals surface area contributed by atoms with Crippen molar-refractivity contribution >= 4 is 10.0 Å². The van der Waals surface area contributed by atoms with Crippen LogP contribution >= 0.6 is 0 Å². The molecule has 1 aromatic rings. The first kappa shape index (κ1) is 22.2. The van der Waals surface area contributed by atoms with Gasteiger partial charge in [0.2, 0.25) is 0 Å². The normalized spacial score (nSPS) is 38.8. The van der Waals surface area contributed by atoms with E-state index in [4.69, 9.17) is 0 Å². The van der Waals surface area contributed by atoms with Crippen LogP contribution in [0.2, 0.25) is 0 Å². The van der Waals surface area contributed by atoms with Gasteiger partial charge in [-0.1, -0.05) is 49.3 Å². The molecule has 0 radical (unpaired) electrons. The van der Waals surface area contributed by atoms with Crippen LogP contribution in [0.5, 0.6) is 0 Å². The summed E-state index contributed by atoms with van der Waals surface area (Å²) in [6.45, 7) is 6.69. The summed E-state index contributed by atoms with van der Waals surface area (Å²) in [5.74, 6) is 1.79. The third-order valence-electron chi connectivity index (χ3n) is 9.31. The second-order valence-corrected chi connectivity index (χ2v) is 12.7. The summed E-state index contributed by atoms with van der Waals surface area (Å²) in [5.41, 5.74) is 6.84. The molecule has 0 aliphatic heterocycles. The Morgan fingerprint density at radius 3 is 2.44 bits per heavy atom. The molecule has 0 spiro atoms. The fourth-order valence-electron chi connectivity index (χ4n) is 7.30. The fourth-order valence-corrected chi connectivity index (χ4v) is 8.16. The molecule has 4 aliphatic carbocycles. The van der Waals surface area contributed by atoms with Gasteiger partial charge in [0, 0.05) is 11.1 Å². The van der Waals surface area contributed by atoms with Gasteiger partial charge in [-0.2, -0.15) is 0 Å². The fraction of sp³-hybridized carbons (Fsp3) is 0.615. The predicted octanol–water partition coefficient (Wildman–Crippen LogP) is 4.60. The molecule has 5 nitrogen and oxygen atoms in total. The zero-order valence-corrected chi connectivity index (χ0v) is 20.2. The number of rotatable bonds is 4. The Morgan fingerprint density at radius 2 is 1.69 bits per heavy atom. The maximum Gasteiger partial charge on any atom is 0.257 e. The first-order valence-electron chi connectivity index (χ1n) is 12.1. The van der Waals surface area contributed by atoms with Crippen molar-refractivity contribution in [2.75, 3.05) is 0 Å². The molecule has 0 saturated heterocycles. The summed E-state index contributed by atoms with van der Waals surface area (Å²) >= 11 is 0. The number of fused-ring (bicyclic) bond motifs is 5. The highest BCUT2D eigenvalue weighted by Crippen LogP contribution is 2.64. The first-order chi connectivity index (χ1) is 15.1. The second-order valence-electron chi connectivity index (χ2n) is 11.0. The van der Waals surface area contributed by atoms with Crippen molar-refractivity contribution in [3.05, 3.63) is 53.3 Å². The Hall–Kier alpha value is -1.63. The Kier molecular flexibility index (Phi) is 5.34. The highest BCUT2D eigenvalue weighted by molar-refractivity contribution is 7.89. The monoisotopic (exact) mass is 456 g/mol. The largest absolute Gasteiger partial charge is 0.393 e. The molecule has 5 rings (SSSR count). The molecule has 2 fully saturated rings. The summed E-state index contributed by atoms with van der Waals surface area (Å²) in [7, 11) is -3.62. The van der Waals surface area contributed by atoms with E-state index >= 15 is 0 Å². The van der Waals surface area contributed by atoms with Crippen LogP contribution in [0, 0.1) is 35.5 Å². The molecule has 0 aromatic heterocycles. The van der Waals surface area contributed by atoms with Gasteiger partial charge in [0.1, 0.15) is 0 Å². The first-order valence-corrected chi connectivity index (χ1v) is 13.5. The zero-order chi connectivity index (χ0) is 22.7. The molecule has 3 N–H and O–H groups in total. The molecule has 0 amide bonds. The van der Waals surface area contributed by atoms with Crippen molar-refractivity contribution in [2.24, 2.45) is 28.6 Å². The lowest BCUT2D eigenvalue weighted by Gasteiger charge is -2.57. The van der Waals surface area contributed by atoms with Crippen LogP contribution in [0.1, 0.15) is 64.4 Å². The number of aryl methyl sites for hydroxylation is 1. The number of hydrogen-bond donors (Lipinski definition) is 3. The van der Waals surface area contributed by atoms with E-state index in [2.05, 4.69) is 36.3 Å². The summed E-state index contributed by atoms with van der Waals surface area (Å²) < 4.78 is 25.6. The summed E-state index contributed by atoms with van der Waals surface area (Å²) in [5, 5.41) is 10.2. The van der Waals surface area contributed by atoms with E-state index in [0.717, 1.165) is 56.2 Å². The van der Waals surface area contributed by atoms with E-state index in [1.54, 1.807) is 12.1 Å². The van der Waals surface area contributed by atoms with Gasteiger partial charge in [-0.15, -0.1) is 4.83 Å². The number of hydrogen-bond acceptors (Lipinski definition) is 4. The zero-order valence-electron chi connectivity index (χ0n) is 19.4. The Morgan fingerprint density at radius 1 is 0.969 bits per heavy atom. The Balaban J connectivity index is 1.32. The molecule has 174 valence electrons. The van der Waals surface area contributed by atoms with Crippen molar-refractivity contribution in [3.63, 3.8) is 0 Å². The van der Waals surface area contributed by atoms with Crippen molar-refractivity contribution < 1.29 is 13.5 Å². The van der Waals surface area contributed by atoms with E-state index in [0.29, 0.717) is 17.8 Å². The highest BCUT2D eigenvalue weighted by Gasteiger charge is 2.56. The minimum atomic E-state index is -3.62. The summed E-state index contributed by atoms with van der Waals surface area (Å²) in [6.07, 6.45) is 11.6. The lowest BCUT2D eigenvalue weighted by Crippen LogP contribution is -2.51. The van der Waals surface area contributed by atoms with E-state index in [1.807, 2.05) is 19.1 Å². The third-order valence-corrected chi connectivity index (χ3v) is 10.6. The quantitative estimate of drug-likeness (QED) is 0.457. The average Bonchev–Trinajstić information content (AvgIpc) is 3.09. The number of sulfonamides is 1. The molecular formula is C26H36N2O3S. The predicted molar refractivity (Wildman–Crippen MR) is 126 cm³/mol. The number of nitrogens with one attached hydrogen (secondary N) is 2. The number of aliphatic hydroxyl groups excluding tert-OH is 1. The van der Waals surface area contributed by atoms with Crippen molar-refractivity contribution in [1.82, 2.24) is 10.3 Å². The van der Waals surface area contributed by atoms with Crippen LogP contribution in [0.3, 0.4) is 0 Å². The van der Waals surface area contributed by atoms with Gasteiger partial charge in [0.25, 0.3) is 10.0 Å². The number of allylic oxidation sites excluding steroid dienone is 3. The van der Waals surface area contributed by atoms with E-state index in [1.165, 1.54) is 5.57 Å². The molecule has 0 bridgehead atoms. The molecule has 6 atom stereocenters.